The molecule has 0 spiro atoms. The molecule has 0 aromatic rings. The van der Waals surface area contributed by atoms with Gasteiger partial charge in [-0.05, 0) is 87.3 Å². The van der Waals surface area contributed by atoms with Gasteiger partial charge in [-0.15, -0.1) is 11.6 Å². The molecule has 3 unspecified atom stereocenters. The van der Waals surface area contributed by atoms with Gasteiger partial charge in [-0.25, -0.2) is 0 Å². The van der Waals surface area contributed by atoms with Gasteiger partial charge in [-0.2, -0.15) is 0 Å². The average molecular weight is 477 g/mol. The Balaban J connectivity index is 0.00000320. The quantitative estimate of drug-likeness (QED) is 0.407. The highest BCUT2D eigenvalue weighted by atomic mass is 35.5. The average Bonchev–Trinajstić information content (AvgIpc) is 2.72. The molecule has 1 aliphatic heterocycles. The number of nitrogens with zero attached hydrogens (tertiary/aromatic N) is 1. The number of ether oxygens (including phenoxy) is 1. The van der Waals surface area contributed by atoms with Crippen molar-refractivity contribution in [3.63, 3.8) is 0 Å². The Morgan fingerprint density at radius 1 is 1.06 bits per heavy atom. The van der Waals surface area contributed by atoms with E-state index >= 15 is 0 Å². The standard InChI is InChI=1S/C25H43ClN2O.3H2O/c1-19(2)25(27-16-20-5-4-6-21(15-20)18-29-3)17-28-13-11-23(12-14-28)22-7-9-24(26)10-8-22;;;/h7,9,15,19-20,22-25,27H,4-6,8,10-14,16-18H2,1-3H3;3*1H2/t20?,22?,24?,25-;;;/m0.../s1. The molecule has 0 saturated carbocycles. The maximum absolute atomic E-state index is 6.23. The Bertz CT molecular complexity index is 550. The molecular weight excluding hydrogens is 428 g/mol. The van der Waals surface area contributed by atoms with Crippen LogP contribution in [0.25, 0.3) is 0 Å². The first-order valence-corrected chi connectivity index (χ1v) is 12.5. The van der Waals surface area contributed by atoms with Gasteiger partial charge in [0.25, 0.3) is 0 Å². The molecule has 4 atom stereocenters. The van der Waals surface area contributed by atoms with Crippen LogP contribution in [-0.4, -0.2) is 72.6 Å². The predicted molar refractivity (Wildman–Crippen MR) is 135 cm³/mol. The Morgan fingerprint density at radius 3 is 2.38 bits per heavy atom. The largest absolute Gasteiger partial charge is 0.412 e. The molecule has 0 aromatic carbocycles. The molecular formula is C25H49ClN2O4. The predicted octanol–water partition coefficient (Wildman–Crippen LogP) is 2.79. The van der Waals surface area contributed by atoms with Crippen molar-refractivity contribution in [3.8, 4) is 0 Å². The molecule has 0 amide bonds. The minimum atomic E-state index is 0. The van der Waals surface area contributed by atoms with Crippen LogP contribution < -0.4 is 5.32 Å². The fourth-order valence-electron chi connectivity index (χ4n) is 5.41. The SMILES string of the molecule is COCC1=CC(CN[C@@H](CN2CCC(C3C=CC(Cl)CC3)CC2)C(C)C)CCC1.O.O.O. The van der Waals surface area contributed by atoms with Crippen LogP contribution in [0.1, 0.15) is 58.8 Å². The number of piperidine rings is 1. The van der Waals surface area contributed by atoms with Gasteiger partial charge in [0.2, 0.25) is 0 Å². The van der Waals surface area contributed by atoms with E-state index in [2.05, 4.69) is 42.3 Å². The van der Waals surface area contributed by atoms with Crippen LogP contribution in [0.15, 0.2) is 23.8 Å². The van der Waals surface area contributed by atoms with Crippen LogP contribution in [-0.2, 0) is 4.74 Å². The number of hydrogen-bond acceptors (Lipinski definition) is 3. The van der Waals surface area contributed by atoms with E-state index in [-0.39, 0.29) is 21.8 Å². The van der Waals surface area contributed by atoms with Crippen LogP contribution in [0, 0.1) is 23.7 Å². The van der Waals surface area contributed by atoms with Gasteiger partial charge in [0, 0.05) is 26.2 Å². The van der Waals surface area contributed by atoms with Crippen molar-refractivity contribution in [2.75, 3.05) is 39.9 Å². The zero-order chi connectivity index (χ0) is 20.6. The Labute approximate surface area is 200 Å². The minimum Gasteiger partial charge on any atom is -0.412 e. The summed E-state index contributed by atoms with van der Waals surface area (Å²) in [6.07, 6.45) is 16.1. The van der Waals surface area contributed by atoms with E-state index in [1.165, 1.54) is 63.7 Å². The van der Waals surface area contributed by atoms with Gasteiger partial charge in [0.05, 0.1) is 12.0 Å². The number of nitrogens with one attached hydrogen (secondary N) is 1. The molecule has 3 rings (SSSR count). The molecule has 0 bridgehead atoms. The Morgan fingerprint density at radius 2 is 1.78 bits per heavy atom. The van der Waals surface area contributed by atoms with E-state index in [4.69, 9.17) is 16.3 Å². The minimum absolute atomic E-state index is 0. The summed E-state index contributed by atoms with van der Waals surface area (Å²) in [7, 11) is 1.81. The zero-order valence-electron chi connectivity index (χ0n) is 20.4. The van der Waals surface area contributed by atoms with Gasteiger partial charge in [-0.1, -0.05) is 32.1 Å². The van der Waals surface area contributed by atoms with Crippen molar-refractivity contribution in [1.82, 2.24) is 10.2 Å². The summed E-state index contributed by atoms with van der Waals surface area (Å²) in [6, 6.07) is 0.583. The highest BCUT2D eigenvalue weighted by Crippen LogP contribution is 2.33. The molecule has 0 aromatic heterocycles. The second kappa shape index (κ2) is 16.2. The fourth-order valence-corrected chi connectivity index (χ4v) is 5.62. The third kappa shape index (κ3) is 9.80. The first-order valence-electron chi connectivity index (χ1n) is 12.0. The number of alkyl halides is 1. The second-order valence-electron chi connectivity index (χ2n) is 9.95. The van der Waals surface area contributed by atoms with Crippen molar-refractivity contribution in [3.05, 3.63) is 23.8 Å². The van der Waals surface area contributed by atoms with Crippen LogP contribution in [0.5, 0.6) is 0 Å². The highest BCUT2D eigenvalue weighted by Gasteiger charge is 2.28. The maximum Gasteiger partial charge on any atom is 0.0673 e. The summed E-state index contributed by atoms with van der Waals surface area (Å²) < 4.78 is 5.35. The van der Waals surface area contributed by atoms with E-state index in [9.17, 15) is 0 Å². The molecule has 1 saturated heterocycles. The number of likely N-dealkylation sites (tertiary alicyclic amines) is 1. The first kappa shape index (κ1) is 31.5. The normalized spacial score (nSPS) is 27.7. The number of hydrogen-bond donors (Lipinski definition) is 1. The van der Waals surface area contributed by atoms with E-state index in [1.807, 2.05) is 0 Å². The van der Waals surface area contributed by atoms with Gasteiger partial charge in [-0.3, -0.25) is 0 Å². The fraction of sp³-hybridized carbons (Fsp3) is 0.840. The molecule has 32 heavy (non-hydrogen) atoms. The van der Waals surface area contributed by atoms with Crippen LogP contribution >= 0.6 is 11.6 Å². The molecule has 0 radical (unpaired) electrons. The van der Waals surface area contributed by atoms with Crippen LogP contribution in [0.3, 0.4) is 0 Å². The molecule has 1 heterocycles. The topological polar surface area (TPSA) is 119 Å². The third-order valence-electron chi connectivity index (χ3n) is 7.36. The molecule has 7 heteroatoms. The molecule has 190 valence electrons. The summed E-state index contributed by atoms with van der Waals surface area (Å²) >= 11 is 6.23. The lowest BCUT2D eigenvalue weighted by Crippen LogP contribution is -2.48. The summed E-state index contributed by atoms with van der Waals surface area (Å²) in [4.78, 5) is 2.71. The van der Waals surface area contributed by atoms with Crippen LogP contribution in [0.4, 0.5) is 0 Å². The smallest absolute Gasteiger partial charge is 0.0673 e. The second-order valence-corrected chi connectivity index (χ2v) is 10.5. The van der Waals surface area contributed by atoms with Gasteiger partial charge >= 0.3 is 0 Å². The van der Waals surface area contributed by atoms with Crippen molar-refractivity contribution < 1.29 is 21.2 Å². The lowest BCUT2D eigenvalue weighted by atomic mass is 9.79. The van der Waals surface area contributed by atoms with Gasteiger partial charge in [0.15, 0.2) is 0 Å². The van der Waals surface area contributed by atoms with Gasteiger partial charge in [0.1, 0.15) is 0 Å². The molecule has 1 fully saturated rings. The monoisotopic (exact) mass is 476 g/mol. The van der Waals surface area contributed by atoms with Crippen LogP contribution in [0.2, 0.25) is 0 Å². The maximum atomic E-state index is 6.23. The van der Waals surface area contributed by atoms with Crippen molar-refractivity contribution in [1.29, 1.82) is 0 Å². The lowest BCUT2D eigenvalue weighted by molar-refractivity contribution is 0.134. The highest BCUT2D eigenvalue weighted by molar-refractivity contribution is 6.21. The van der Waals surface area contributed by atoms with Crippen molar-refractivity contribution in [2.24, 2.45) is 23.7 Å². The summed E-state index contributed by atoms with van der Waals surface area (Å²) in [5, 5.41) is 4.20. The van der Waals surface area contributed by atoms with E-state index < -0.39 is 0 Å². The Hall–Kier alpha value is -0.470. The number of methoxy groups -OCH3 is 1. The number of allylic oxidation sites excluding steroid dienone is 2. The molecule has 7 N–H and O–H groups in total. The van der Waals surface area contributed by atoms with E-state index in [1.54, 1.807) is 7.11 Å². The van der Waals surface area contributed by atoms with Crippen molar-refractivity contribution in [2.45, 2.75) is 70.2 Å². The summed E-state index contributed by atoms with van der Waals surface area (Å²) in [6.45, 7) is 10.4. The van der Waals surface area contributed by atoms with Gasteiger partial charge < -0.3 is 31.4 Å². The molecule has 3 aliphatic rings. The third-order valence-corrected chi connectivity index (χ3v) is 7.72. The Kier molecular flexibility index (Phi) is 16.0. The summed E-state index contributed by atoms with van der Waals surface area (Å²) in [5.41, 5.74) is 1.49. The summed E-state index contributed by atoms with van der Waals surface area (Å²) in [5.74, 6) is 2.97. The lowest BCUT2D eigenvalue weighted by Gasteiger charge is -2.39. The molecule has 6 nitrogen and oxygen atoms in total. The van der Waals surface area contributed by atoms with E-state index in [0.29, 0.717) is 17.9 Å². The first-order chi connectivity index (χ1) is 14.0. The van der Waals surface area contributed by atoms with Crippen molar-refractivity contribution >= 4 is 11.6 Å². The molecule has 2 aliphatic carbocycles. The number of halogens is 1. The number of rotatable bonds is 9. The zero-order valence-corrected chi connectivity index (χ0v) is 21.2. The van der Waals surface area contributed by atoms with E-state index in [0.717, 1.165) is 31.4 Å².